The van der Waals surface area contributed by atoms with Crippen LogP contribution in [0.25, 0.3) is 0 Å². The van der Waals surface area contributed by atoms with Gasteiger partial charge in [-0.15, -0.1) is 0 Å². The fraction of sp³-hybridized carbons (Fsp3) is 0.0800. The van der Waals surface area contributed by atoms with Crippen LogP contribution in [0, 0.1) is 17.1 Å². The average molecular weight is 478 g/mol. The van der Waals surface area contributed by atoms with Gasteiger partial charge in [0.25, 0.3) is 5.91 Å². The van der Waals surface area contributed by atoms with Crippen molar-refractivity contribution in [3.8, 4) is 6.07 Å². The number of rotatable bonds is 5. The number of hydrogen-bond donors (Lipinski definition) is 1. The fourth-order valence-electron chi connectivity index (χ4n) is 3.36. The summed E-state index contributed by atoms with van der Waals surface area (Å²) >= 11 is 7.05. The molecular weight excluding hydrogens is 461 g/mol. The number of nitrogens with zero attached hydrogens (tertiary/aromatic N) is 2. The van der Waals surface area contributed by atoms with E-state index in [9.17, 15) is 19.2 Å². The lowest BCUT2D eigenvalue weighted by molar-refractivity contribution is -0.117. The molecule has 0 aromatic heterocycles. The first-order chi connectivity index (χ1) is 16.0. The molecule has 1 aliphatic rings. The van der Waals surface area contributed by atoms with Crippen LogP contribution < -0.4 is 10.2 Å². The third-order valence-electron chi connectivity index (χ3n) is 4.96. The minimum absolute atomic E-state index is 0.172. The van der Waals surface area contributed by atoms with Crippen molar-refractivity contribution in [3.63, 3.8) is 0 Å². The number of benzene rings is 3. The highest BCUT2D eigenvalue weighted by Crippen LogP contribution is 2.42. The fourth-order valence-corrected chi connectivity index (χ4v) is 4.79. The summed E-state index contributed by atoms with van der Waals surface area (Å²) in [4.78, 5) is 27.8. The first-order valence-corrected chi connectivity index (χ1v) is 11.2. The van der Waals surface area contributed by atoms with E-state index in [2.05, 4.69) is 5.32 Å². The number of nitrogens with one attached hydrogen (secondary N) is 1. The number of carbonyl (C=O) groups excluding carboxylic acids is 2. The summed E-state index contributed by atoms with van der Waals surface area (Å²) in [6.07, 6.45) is 0.328. The van der Waals surface area contributed by atoms with Gasteiger partial charge in [0.1, 0.15) is 22.5 Å². The Balaban J connectivity index is 1.70. The van der Waals surface area contributed by atoms with Crippen molar-refractivity contribution in [1.29, 1.82) is 5.26 Å². The smallest absolute Gasteiger partial charge is 0.269 e. The Hall–Kier alpha value is -3.60. The lowest BCUT2D eigenvalue weighted by Crippen LogP contribution is -2.30. The summed E-state index contributed by atoms with van der Waals surface area (Å²) in [6.45, 7) is 0. The number of para-hydroxylation sites is 1. The molecule has 1 saturated heterocycles. The summed E-state index contributed by atoms with van der Waals surface area (Å²) < 4.78 is 13.3. The highest BCUT2D eigenvalue weighted by atomic mass is 35.5. The number of hydrogen-bond acceptors (Lipinski definition) is 4. The topological polar surface area (TPSA) is 73.2 Å². The predicted octanol–water partition coefficient (Wildman–Crippen LogP) is 5.54. The van der Waals surface area contributed by atoms with E-state index < -0.39 is 11.2 Å². The van der Waals surface area contributed by atoms with Crippen LogP contribution in [0.4, 0.5) is 15.8 Å². The average Bonchev–Trinajstić information content (AvgIpc) is 3.13. The van der Waals surface area contributed by atoms with E-state index in [-0.39, 0.29) is 22.3 Å². The number of amides is 2. The van der Waals surface area contributed by atoms with Gasteiger partial charge < -0.3 is 5.32 Å². The van der Waals surface area contributed by atoms with Gasteiger partial charge in [0, 0.05) is 16.4 Å². The molecule has 1 heterocycles. The van der Waals surface area contributed by atoms with Crippen LogP contribution in [-0.2, 0) is 16.0 Å². The van der Waals surface area contributed by atoms with Crippen LogP contribution >= 0.6 is 23.4 Å². The third kappa shape index (κ3) is 5.08. The Morgan fingerprint density at radius 1 is 1.06 bits per heavy atom. The van der Waals surface area contributed by atoms with Crippen LogP contribution in [0.3, 0.4) is 0 Å². The van der Waals surface area contributed by atoms with E-state index >= 15 is 0 Å². The van der Waals surface area contributed by atoms with Crippen molar-refractivity contribution >= 4 is 46.6 Å². The van der Waals surface area contributed by atoms with Crippen molar-refractivity contribution in [2.24, 2.45) is 0 Å². The molecule has 0 radical (unpaired) electrons. The zero-order chi connectivity index (χ0) is 23.4. The molecule has 1 N–H and O–H groups in total. The second-order valence-corrected chi connectivity index (χ2v) is 8.83. The molecule has 1 aliphatic heterocycles. The summed E-state index contributed by atoms with van der Waals surface area (Å²) in [7, 11) is 0. The molecule has 5 nitrogen and oxygen atoms in total. The first-order valence-electron chi connectivity index (χ1n) is 9.97. The van der Waals surface area contributed by atoms with Crippen LogP contribution in [0.2, 0.25) is 5.02 Å². The van der Waals surface area contributed by atoms with Crippen LogP contribution in [0.15, 0.2) is 89.5 Å². The van der Waals surface area contributed by atoms with Gasteiger partial charge in [-0.25, -0.2) is 4.39 Å². The monoisotopic (exact) mass is 477 g/mol. The zero-order valence-electron chi connectivity index (χ0n) is 17.2. The summed E-state index contributed by atoms with van der Waals surface area (Å²) in [5.74, 6) is -1.24. The number of nitriles is 1. The molecule has 3 aromatic carbocycles. The van der Waals surface area contributed by atoms with Gasteiger partial charge in [-0.1, -0.05) is 53.7 Å². The molecule has 33 heavy (non-hydrogen) atoms. The number of carbonyl (C=O) groups is 2. The normalized spacial score (nSPS) is 16.9. The molecular formula is C25H17ClFN3O2S. The Bertz CT molecular complexity index is 1260. The molecule has 3 aromatic rings. The zero-order valence-corrected chi connectivity index (χ0v) is 18.7. The Morgan fingerprint density at radius 3 is 2.36 bits per heavy atom. The molecule has 8 heteroatoms. The maximum absolute atomic E-state index is 13.4. The van der Waals surface area contributed by atoms with Crippen molar-refractivity contribution in [3.05, 3.63) is 106 Å². The molecule has 4 rings (SSSR count). The van der Waals surface area contributed by atoms with E-state index in [1.54, 1.807) is 60.7 Å². The third-order valence-corrected chi connectivity index (χ3v) is 6.47. The highest BCUT2D eigenvalue weighted by molar-refractivity contribution is 8.05. The molecule has 0 aliphatic carbocycles. The molecule has 2 amide bonds. The largest absolute Gasteiger partial charge is 0.321 e. The quantitative estimate of drug-likeness (QED) is 0.386. The van der Waals surface area contributed by atoms with Gasteiger partial charge in [-0.3, -0.25) is 14.5 Å². The van der Waals surface area contributed by atoms with Crippen LogP contribution in [0.5, 0.6) is 0 Å². The maximum atomic E-state index is 13.4. The van der Waals surface area contributed by atoms with Crippen LogP contribution in [0.1, 0.15) is 5.56 Å². The summed E-state index contributed by atoms with van der Waals surface area (Å²) in [6, 6.07) is 23.2. The van der Waals surface area contributed by atoms with Gasteiger partial charge in [0.05, 0.1) is 5.25 Å². The molecule has 0 unspecified atom stereocenters. The lowest BCUT2D eigenvalue weighted by Gasteiger charge is -2.18. The highest BCUT2D eigenvalue weighted by Gasteiger charge is 2.40. The molecule has 1 fully saturated rings. The number of halogens is 2. The van der Waals surface area contributed by atoms with Gasteiger partial charge in [0.2, 0.25) is 5.91 Å². The van der Waals surface area contributed by atoms with E-state index in [0.717, 1.165) is 17.3 Å². The maximum Gasteiger partial charge on any atom is 0.269 e. The Morgan fingerprint density at radius 2 is 1.73 bits per heavy atom. The van der Waals surface area contributed by atoms with E-state index in [1.807, 2.05) is 12.1 Å². The van der Waals surface area contributed by atoms with Crippen molar-refractivity contribution < 1.29 is 14.0 Å². The van der Waals surface area contributed by atoms with Crippen molar-refractivity contribution in [2.75, 3.05) is 10.2 Å². The Kier molecular flexibility index (Phi) is 6.78. The summed E-state index contributed by atoms with van der Waals surface area (Å²) in [5.41, 5.74) is 1.63. The van der Waals surface area contributed by atoms with Gasteiger partial charge in [-0.05, 0) is 60.5 Å². The second-order valence-electron chi connectivity index (χ2n) is 7.20. The molecule has 0 spiro atoms. The molecule has 0 bridgehead atoms. The molecule has 164 valence electrons. The SMILES string of the molecule is N#C/C(C(=O)Nc1ccc(Cl)cc1)=C1/S[C@@H](Cc2ccc(F)cc2)C(=O)N1c1ccccc1. The van der Waals surface area contributed by atoms with E-state index in [0.29, 0.717) is 22.8 Å². The minimum Gasteiger partial charge on any atom is -0.321 e. The standard InChI is InChI=1S/C25H17ClFN3O2S/c26-17-8-12-19(13-9-17)29-23(31)21(15-28)25-30(20-4-2-1-3-5-20)24(32)22(33-25)14-16-6-10-18(27)11-7-16/h1-13,22H,14H2,(H,29,31)/b25-21-/t22-/m0/s1. The van der Waals surface area contributed by atoms with E-state index in [4.69, 9.17) is 11.6 Å². The van der Waals surface area contributed by atoms with Crippen LogP contribution in [-0.4, -0.2) is 17.1 Å². The number of thioether (sulfide) groups is 1. The van der Waals surface area contributed by atoms with E-state index in [1.165, 1.54) is 17.0 Å². The Labute approximate surface area is 199 Å². The van der Waals surface area contributed by atoms with Gasteiger partial charge in [0.15, 0.2) is 0 Å². The first kappa shape index (κ1) is 22.6. The van der Waals surface area contributed by atoms with Crippen molar-refractivity contribution in [1.82, 2.24) is 0 Å². The second kappa shape index (κ2) is 9.90. The predicted molar refractivity (Wildman–Crippen MR) is 128 cm³/mol. The van der Waals surface area contributed by atoms with Crippen molar-refractivity contribution in [2.45, 2.75) is 11.7 Å². The molecule has 1 atom stereocenters. The number of anilines is 2. The molecule has 0 saturated carbocycles. The van der Waals surface area contributed by atoms with Gasteiger partial charge >= 0.3 is 0 Å². The lowest BCUT2D eigenvalue weighted by atomic mass is 10.1. The van der Waals surface area contributed by atoms with Gasteiger partial charge in [-0.2, -0.15) is 5.26 Å². The summed E-state index contributed by atoms with van der Waals surface area (Å²) in [5, 5.41) is 12.7. The minimum atomic E-state index is -0.626.